The van der Waals surface area contributed by atoms with Crippen molar-refractivity contribution in [2.24, 2.45) is 11.0 Å². The summed E-state index contributed by atoms with van der Waals surface area (Å²) in [5.74, 6) is -0.871. The second-order valence-electron chi connectivity index (χ2n) is 5.79. The average molecular weight is 349 g/mol. The van der Waals surface area contributed by atoms with Crippen molar-refractivity contribution < 1.29 is 9.59 Å². The van der Waals surface area contributed by atoms with Gasteiger partial charge < -0.3 is 5.32 Å². The lowest BCUT2D eigenvalue weighted by Gasteiger charge is -2.19. The standard InChI is InChI=1S/C19H15N3O2S/c1-12-14(19(24)22(21-12)13-7-3-2-4-8-13)11-17-18(23)20-15-9-5-6-10-16(15)25-17/h2-11,14H,1H3,(H,20,23)/b17-11+/t14-/m0/s1. The number of hydrogen-bond acceptors (Lipinski definition) is 4. The first kappa shape index (κ1) is 15.7. The third kappa shape index (κ3) is 2.85. The van der Waals surface area contributed by atoms with E-state index in [9.17, 15) is 9.59 Å². The zero-order valence-corrected chi connectivity index (χ0v) is 14.3. The number of nitrogens with zero attached hydrogens (tertiary/aromatic N) is 2. The van der Waals surface area contributed by atoms with Crippen LogP contribution >= 0.6 is 11.8 Å². The highest BCUT2D eigenvalue weighted by molar-refractivity contribution is 8.04. The first-order valence-electron chi connectivity index (χ1n) is 7.87. The van der Waals surface area contributed by atoms with Crippen molar-refractivity contribution in [1.82, 2.24) is 0 Å². The van der Waals surface area contributed by atoms with Crippen LogP contribution in [0.25, 0.3) is 0 Å². The van der Waals surface area contributed by atoms with Gasteiger partial charge in [0.1, 0.15) is 0 Å². The molecule has 1 N–H and O–H groups in total. The van der Waals surface area contributed by atoms with Crippen LogP contribution in [0.4, 0.5) is 11.4 Å². The summed E-state index contributed by atoms with van der Waals surface area (Å²) in [7, 11) is 0. The monoisotopic (exact) mass is 349 g/mol. The normalized spacial score (nSPS) is 21.2. The van der Waals surface area contributed by atoms with Gasteiger partial charge in [0.15, 0.2) is 0 Å². The number of thioether (sulfide) groups is 1. The molecular weight excluding hydrogens is 334 g/mol. The second-order valence-corrected chi connectivity index (χ2v) is 6.87. The Kier molecular flexibility index (Phi) is 3.89. The summed E-state index contributed by atoms with van der Waals surface area (Å²) in [5.41, 5.74) is 2.19. The number of benzene rings is 2. The second kappa shape index (κ2) is 6.22. The van der Waals surface area contributed by atoms with Gasteiger partial charge in [0, 0.05) is 4.90 Å². The number of carbonyl (C=O) groups is 2. The van der Waals surface area contributed by atoms with Crippen molar-refractivity contribution >= 4 is 40.7 Å². The lowest BCUT2D eigenvalue weighted by molar-refractivity contribution is -0.118. The molecule has 0 aliphatic carbocycles. The minimum absolute atomic E-state index is 0.150. The van der Waals surface area contributed by atoms with Gasteiger partial charge in [0.05, 0.1) is 27.9 Å². The van der Waals surface area contributed by atoms with E-state index in [2.05, 4.69) is 10.4 Å². The van der Waals surface area contributed by atoms with E-state index < -0.39 is 5.92 Å². The van der Waals surface area contributed by atoms with Gasteiger partial charge in [-0.3, -0.25) is 9.59 Å². The van der Waals surface area contributed by atoms with E-state index in [1.54, 1.807) is 6.08 Å². The molecule has 0 spiro atoms. The molecular formula is C19H15N3O2S. The molecule has 6 heteroatoms. The summed E-state index contributed by atoms with van der Waals surface area (Å²) in [4.78, 5) is 26.6. The van der Waals surface area contributed by atoms with Crippen molar-refractivity contribution in [2.45, 2.75) is 11.8 Å². The molecule has 2 aromatic carbocycles. The van der Waals surface area contributed by atoms with Crippen molar-refractivity contribution in [1.29, 1.82) is 0 Å². The van der Waals surface area contributed by atoms with Crippen molar-refractivity contribution in [2.75, 3.05) is 10.3 Å². The van der Waals surface area contributed by atoms with Gasteiger partial charge >= 0.3 is 0 Å². The van der Waals surface area contributed by atoms with E-state index in [0.29, 0.717) is 10.6 Å². The smallest absolute Gasteiger partial charge is 0.262 e. The maximum absolute atomic E-state index is 12.8. The summed E-state index contributed by atoms with van der Waals surface area (Å²) in [6, 6.07) is 16.9. The number of anilines is 2. The summed E-state index contributed by atoms with van der Waals surface area (Å²) < 4.78 is 0. The van der Waals surface area contributed by atoms with Crippen LogP contribution in [0, 0.1) is 5.92 Å². The highest BCUT2D eigenvalue weighted by atomic mass is 32.2. The lowest BCUT2D eigenvalue weighted by atomic mass is 10.0. The molecule has 2 aliphatic rings. The highest BCUT2D eigenvalue weighted by Gasteiger charge is 2.34. The predicted molar refractivity (Wildman–Crippen MR) is 99.5 cm³/mol. The van der Waals surface area contributed by atoms with E-state index in [4.69, 9.17) is 0 Å². The first-order valence-corrected chi connectivity index (χ1v) is 8.69. The van der Waals surface area contributed by atoms with Crippen LogP contribution in [-0.2, 0) is 9.59 Å². The van der Waals surface area contributed by atoms with E-state index >= 15 is 0 Å². The Hall–Kier alpha value is -2.86. The summed E-state index contributed by atoms with van der Waals surface area (Å²) in [5, 5.41) is 8.63. The molecule has 0 radical (unpaired) electrons. The van der Waals surface area contributed by atoms with Crippen LogP contribution in [0.1, 0.15) is 6.92 Å². The van der Waals surface area contributed by atoms with Crippen molar-refractivity contribution in [3.63, 3.8) is 0 Å². The molecule has 2 aliphatic heterocycles. The van der Waals surface area contributed by atoms with Gasteiger partial charge in [-0.1, -0.05) is 42.1 Å². The molecule has 2 heterocycles. The van der Waals surface area contributed by atoms with E-state index in [1.807, 2.05) is 61.5 Å². The number of nitrogens with one attached hydrogen (secondary N) is 1. The molecule has 0 aromatic heterocycles. The molecule has 0 saturated heterocycles. The fourth-order valence-electron chi connectivity index (χ4n) is 2.79. The molecule has 4 rings (SSSR count). The van der Waals surface area contributed by atoms with E-state index in [1.165, 1.54) is 16.8 Å². The largest absolute Gasteiger partial charge is 0.320 e. The van der Waals surface area contributed by atoms with Crippen LogP contribution in [-0.4, -0.2) is 17.5 Å². The molecule has 2 amide bonds. The number of para-hydroxylation sites is 2. The Morgan fingerprint density at radius 2 is 1.80 bits per heavy atom. The Bertz CT molecular complexity index is 921. The quantitative estimate of drug-likeness (QED) is 0.842. The summed E-state index contributed by atoms with van der Waals surface area (Å²) >= 11 is 1.38. The molecule has 0 saturated carbocycles. The van der Waals surface area contributed by atoms with E-state index in [0.717, 1.165) is 16.3 Å². The van der Waals surface area contributed by atoms with Gasteiger partial charge in [-0.2, -0.15) is 10.1 Å². The van der Waals surface area contributed by atoms with Crippen LogP contribution in [0.2, 0.25) is 0 Å². The topological polar surface area (TPSA) is 61.8 Å². The Morgan fingerprint density at radius 3 is 2.60 bits per heavy atom. The number of fused-ring (bicyclic) bond motifs is 1. The minimum atomic E-state index is -0.529. The molecule has 0 unspecified atom stereocenters. The fourth-order valence-corrected chi connectivity index (χ4v) is 3.75. The summed E-state index contributed by atoms with van der Waals surface area (Å²) in [6.07, 6.45) is 1.71. The lowest BCUT2D eigenvalue weighted by Crippen LogP contribution is -2.27. The third-order valence-electron chi connectivity index (χ3n) is 4.08. The van der Waals surface area contributed by atoms with Crippen LogP contribution in [0.15, 0.2) is 75.6 Å². The Morgan fingerprint density at radius 1 is 1.08 bits per heavy atom. The molecule has 124 valence electrons. The minimum Gasteiger partial charge on any atom is -0.320 e. The van der Waals surface area contributed by atoms with Gasteiger partial charge in [-0.05, 0) is 37.3 Å². The maximum atomic E-state index is 12.8. The Labute approximate surface area is 149 Å². The molecule has 25 heavy (non-hydrogen) atoms. The number of carbonyl (C=O) groups excluding carboxylic acids is 2. The zero-order chi connectivity index (χ0) is 17.4. The number of hydrazone groups is 1. The fraction of sp³-hybridized carbons (Fsp3) is 0.105. The average Bonchev–Trinajstić information content (AvgIpc) is 2.91. The number of rotatable bonds is 2. The van der Waals surface area contributed by atoms with Crippen molar-refractivity contribution in [3.8, 4) is 0 Å². The number of hydrogen-bond donors (Lipinski definition) is 1. The van der Waals surface area contributed by atoms with E-state index in [-0.39, 0.29) is 11.8 Å². The highest BCUT2D eigenvalue weighted by Crippen LogP contribution is 2.39. The third-order valence-corrected chi connectivity index (χ3v) is 5.20. The Balaban J connectivity index is 1.63. The van der Waals surface area contributed by atoms with Gasteiger partial charge in [-0.25, -0.2) is 0 Å². The molecule has 2 aromatic rings. The molecule has 0 fully saturated rings. The van der Waals surface area contributed by atoms with Gasteiger partial charge in [0.25, 0.3) is 11.8 Å². The van der Waals surface area contributed by atoms with Gasteiger partial charge in [0.2, 0.25) is 0 Å². The van der Waals surface area contributed by atoms with Crippen LogP contribution in [0.3, 0.4) is 0 Å². The zero-order valence-electron chi connectivity index (χ0n) is 13.5. The molecule has 5 nitrogen and oxygen atoms in total. The predicted octanol–water partition coefficient (Wildman–Crippen LogP) is 3.65. The molecule has 1 atom stereocenters. The maximum Gasteiger partial charge on any atom is 0.262 e. The van der Waals surface area contributed by atoms with Crippen LogP contribution in [0.5, 0.6) is 0 Å². The first-order chi connectivity index (χ1) is 12.1. The summed E-state index contributed by atoms with van der Waals surface area (Å²) in [6.45, 7) is 1.81. The van der Waals surface area contributed by atoms with Gasteiger partial charge in [-0.15, -0.1) is 0 Å². The molecule has 0 bridgehead atoms. The number of amides is 2. The van der Waals surface area contributed by atoms with Crippen LogP contribution < -0.4 is 10.3 Å². The SMILES string of the molecule is CC1=NN(c2ccccc2)C(=O)[C@H]1/C=C1/Sc2ccccc2NC1=O. The van der Waals surface area contributed by atoms with Crippen molar-refractivity contribution in [3.05, 3.63) is 65.6 Å².